The molecule has 2 saturated heterocycles. The van der Waals surface area contributed by atoms with Gasteiger partial charge in [0.1, 0.15) is 11.8 Å². The smallest absolute Gasteiger partial charge is 0.407 e. The SMILES string of the molecule is COc1ccc(CN2C(=O)CCC(n3c(=O)n(C)c4cc(N5CCN(C(=O)O)CC5)ccc43)C2=O)cc1. The number of aryl methyl sites for hydroxylation is 1. The van der Waals surface area contributed by atoms with E-state index in [2.05, 4.69) is 4.90 Å². The summed E-state index contributed by atoms with van der Waals surface area (Å²) < 4.78 is 8.19. The Bertz CT molecular complexity index is 1420. The fourth-order valence-corrected chi connectivity index (χ4v) is 5.15. The second-order valence-electron chi connectivity index (χ2n) is 9.36. The number of benzene rings is 2. The Kier molecular flexibility index (Phi) is 6.36. The Balaban J connectivity index is 1.42. The lowest BCUT2D eigenvalue weighted by Gasteiger charge is -2.34. The number of likely N-dealkylation sites (tertiary alicyclic amines) is 1. The number of aromatic nitrogens is 2. The van der Waals surface area contributed by atoms with Gasteiger partial charge in [-0.15, -0.1) is 0 Å². The first-order valence-corrected chi connectivity index (χ1v) is 12.2. The Morgan fingerprint density at radius 1 is 1.00 bits per heavy atom. The van der Waals surface area contributed by atoms with Crippen LogP contribution in [-0.2, 0) is 23.2 Å². The lowest BCUT2D eigenvalue weighted by Crippen LogP contribution is -2.48. The van der Waals surface area contributed by atoms with Crippen LogP contribution in [0.5, 0.6) is 5.75 Å². The van der Waals surface area contributed by atoms with Crippen LogP contribution in [0.25, 0.3) is 11.0 Å². The molecule has 3 heterocycles. The molecule has 2 aromatic carbocycles. The van der Waals surface area contributed by atoms with Crippen LogP contribution in [0.4, 0.5) is 10.5 Å². The summed E-state index contributed by atoms with van der Waals surface area (Å²) in [6.07, 6.45) is -0.498. The van der Waals surface area contributed by atoms with Crippen LogP contribution in [0.3, 0.4) is 0 Å². The molecule has 3 aromatic rings. The number of anilines is 1. The lowest BCUT2D eigenvalue weighted by atomic mass is 10.0. The number of ether oxygens (including phenoxy) is 1. The molecule has 0 saturated carbocycles. The van der Waals surface area contributed by atoms with Crippen LogP contribution in [0.15, 0.2) is 47.3 Å². The molecule has 11 nitrogen and oxygen atoms in total. The van der Waals surface area contributed by atoms with Gasteiger partial charge in [0.05, 0.1) is 24.7 Å². The standard InChI is InChI=1S/C26H29N5O6/c1-27-22-15-18(28-11-13-29(14-12-28)26(35)36)5-8-20(22)31(25(27)34)21-9-10-23(32)30(24(21)33)16-17-3-6-19(37-2)7-4-17/h3-8,15,21H,9-14,16H2,1-2H3,(H,35,36). The molecule has 0 bridgehead atoms. The zero-order valence-corrected chi connectivity index (χ0v) is 20.8. The first kappa shape index (κ1) is 24.4. The van der Waals surface area contributed by atoms with Gasteiger partial charge >= 0.3 is 11.8 Å². The predicted octanol–water partition coefficient (Wildman–Crippen LogP) is 2.04. The molecule has 0 spiro atoms. The third kappa shape index (κ3) is 4.41. The minimum Gasteiger partial charge on any atom is -0.497 e. The largest absolute Gasteiger partial charge is 0.497 e. The van der Waals surface area contributed by atoms with Crippen molar-refractivity contribution in [1.29, 1.82) is 0 Å². The maximum atomic E-state index is 13.5. The van der Waals surface area contributed by atoms with Gasteiger partial charge in [0, 0.05) is 45.3 Å². The zero-order chi connectivity index (χ0) is 26.3. The summed E-state index contributed by atoms with van der Waals surface area (Å²) in [4.78, 5) is 55.5. The summed E-state index contributed by atoms with van der Waals surface area (Å²) in [5.74, 6) is 0.0343. The normalized spacial score (nSPS) is 18.5. The molecule has 0 aliphatic carbocycles. The molecule has 2 aliphatic heterocycles. The number of hydrogen-bond acceptors (Lipinski definition) is 6. The number of piperidine rings is 1. The summed E-state index contributed by atoms with van der Waals surface area (Å²) >= 11 is 0. The van der Waals surface area contributed by atoms with Crippen molar-refractivity contribution in [3.8, 4) is 5.75 Å². The number of piperazine rings is 1. The van der Waals surface area contributed by atoms with Crippen LogP contribution in [0, 0.1) is 0 Å². The van der Waals surface area contributed by atoms with Gasteiger partial charge in [0.2, 0.25) is 5.91 Å². The molecule has 11 heteroatoms. The molecule has 194 valence electrons. The van der Waals surface area contributed by atoms with Crippen LogP contribution in [-0.4, -0.2) is 75.2 Å². The molecule has 5 rings (SSSR count). The van der Waals surface area contributed by atoms with E-state index in [1.54, 1.807) is 26.3 Å². The van der Waals surface area contributed by atoms with E-state index in [9.17, 15) is 24.3 Å². The minimum atomic E-state index is -0.925. The van der Waals surface area contributed by atoms with Crippen molar-refractivity contribution >= 4 is 34.6 Å². The van der Waals surface area contributed by atoms with Crippen LogP contribution < -0.4 is 15.3 Å². The average molecular weight is 508 g/mol. The number of methoxy groups -OCH3 is 1. The van der Waals surface area contributed by atoms with Gasteiger partial charge in [-0.2, -0.15) is 0 Å². The number of carbonyl (C=O) groups is 3. The van der Waals surface area contributed by atoms with Crippen molar-refractivity contribution in [2.24, 2.45) is 7.05 Å². The molecule has 1 atom stereocenters. The molecule has 2 fully saturated rings. The number of fused-ring (bicyclic) bond motifs is 1. The third-order valence-corrected chi connectivity index (χ3v) is 7.28. The maximum Gasteiger partial charge on any atom is 0.407 e. The van der Waals surface area contributed by atoms with Crippen LogP contribution >= 0.6 is 0 Å². The highest BCUT2D eigenvalue weighted by atomic mass is 16.5. The summed E-state index contributed by atoms with van der Waals surface area (Å²) in [6, 6.07) is 12.0. The highest BCUT2D eigenvalue weighted by molar-refractivity contribution is 6.00. The van der Waals surface area contributed by atoms with Gasteiger partial charge < -0.3 is 19.6 Å². The van der Waals surface area contributed by atoms with Crippen molar-refractivity contribution < 1.29 is 24.2 Å². The fraction of sp³-hybridized carbons (Fsp3) is 0.385. The van der Waals surface area contributed by atoms with E-state index in [4.69, 9.17) is 4.74 Å². The van der Waals surface area contributed by atoms with E-state index in [0.29, 0.717) is 43.0 Å². The first-order chi connectivity index (χ1) is 17.8. The number of carbonyl (C=O) groups excluding carboxylic acids is 2. The van der Waals surface area contributed by atoms with Gasteiger partial charge in [-0.1, -0.05) is 12.1 Å². The number of nitrogens with zero attached hydrogens (tertiary/aromatic N) is 5. The molecule has 1 unspecified atom stereocenters. The third-order valence-electron chi connectivity index (χ3n) is 7.28. The summed E-state index contributed by atoms with van der Waals surface area (Å²) in [7, 11) is 3.24. The molecule has 1 N–H and O–H groups in total. The lowest BCUT2D eigenvalue weighted by molar-refractivity contribution is -0.151. The van der Waals surface area contributed by atoms with E-state index in [1.807, 2.05) is 30.3 Å². The van der Waals surface area contributed by atoms with Crippen molar-refractivity contribution in [2.45, 2.75) is 25.4 Å². The molecular formula is C26H29N5O6. The predicted molar refractivity (Wildman–Crippen MR) is 136 cm³/mol. The Morgan fingerprint density at radius 3 is 2.35 bits per heavy atom. The average Bonchev–Trinajstić information content (AvgIpc) is 3.16. The van der Waals surface area contributed by atoms with Gasteiger partial charge in [0.25, 0.3) is 5.91 Å². The van der Waals surface area contributed by atoms with E-state index in [-0.39, 0.29) is 31.0 Å². The minimum absolute atomic E-state index is 0.129. The Morgan fingerprint density at radius 2 is 1.70 bits per heavy atom. The molecule has 2 aliphatic rings. The van der Waals surface area contributed by atoms with Crippen molar-refractivity contribution in [3.63, 3.8) is 0 Å². The topological polar surface area (TPSA) is 117 Å². The Labute approximate surface area is 213 Å². The zero-order valence-electron chi connectivity index (χ0n) is 20.8. The first-order valence-electron chi connectivity index (χ1n) is 12.2. The highest BCUT2D eigenvalue weighted by Gasteiger charge is 2.37. The number of amides is 3. The summed E-state index contributed by atoms with van der Waals surface area (Å²) in [6.45, 7) is 2.04. The highest BCUT2D eigenvalue weighted by Crippen LogP contribution is 2.30. The van der Waals surface area contributed by atoms with E-state index < -0.39 is 18.0 Å². The maximum absolute atomic E-state index is 13.5. The summed E-state index contributed by atoms with van der Waals surface area (Å²) in [5, 5.41) is 9.20. The Hall–Kier alpha value is -4.28. The van der Waals surface area contributed by atoms with Gasteiger partial charge in [0.15, 0.2) is 0 Å². The molecular weight excluding hydrogens is 478 g/mol. The fourth-order valence-electron chi connectivity index (χ4n) is 5.15. The van der Waals surface area contributed by atoms with Crippen LogP contribution in [0.2, 0.25) is 0 Å². The number of hydrogen-bond donors (Lipinski definition) is 1. The van der Waals surface area contributed by atoms with Gasteiger partial charge in [-0.25, -0.2) is 9.59 Å². The molecule has 3 amide bonds. The number of carboxylic acid groups (broad SMARTS) is 1. The molecule has 37 heavy (non-hydrogen) atoms. The molecule has 0 radical (unpaired) electrons. The van der Waals surface area contributed by atoms with Gasteiger partial charge in [-0.3, -0.25) is 23.6 Å². The van der Waals surface area contributed by atoms with Crippen molar-refractivity contribution in [3.05, 3.63) is 58.5 Å². The van der Waals surface area contributed by atoms with E-state index in [0.717, 1.165) is 11.3 Å². The van der Waals surface area contributed by atoms with E-state index >= 15 is 0 Å². The number of imidazole rings is 1. The second-order valence-corrected chi connectivity index (χ2v) is 9.36. The quantitative estimate of drug-likeness (QED) is 0.525. The summed E-state index contributed by atoms with van der Waals surface area (Å²) in [5.41, 5.74) is 2.66. The second kappa shape index (κ2) is 9.64. The van der Waals surface area contributed by atoms with E-state index in [1.165, 1.54) is 18.9 Å². The number of rotatable bonds is 5. The number of imide groups is 1. The van der Waals surface area contributed by atoms with Crippen molar-refractivity contribution in [2.75, 3.05) is 38.2 Å². The molecule has 1 aromatic heterocycles. The van der Waals surface area contributed by atoms with Crippen molar-refractivity contribution in [1.82, 2.24) is 18.9 Å². The monoisotopic (exact) mass is 507 g/mol. The van der Waals surface area contributed by atoms with Gasteiger partial charge in [-0.05, 0) is 42.3 Å². The van der Waals surface area contributed by atoms with Crippen LogP contribution in [0.1, 0.15) is 24.4 Å².